The Bertz CT molecular complexity index is 1130. The van der Waals surface area contributed by atoms with E-state index in [1.54, 1.807) is 11.4 Å². The molecule has 0 aliphatic carbocycles. The number of carbonyl (C=O) groups excluding carboxylic acids is 2. The Morgan fingerprint density at radius 3 is 2.72 bits per heavy atom. The molecule has 1 fully saturated rings. The zero-order chi connectivity index (χ0) is 22.7. The van der Waals surface area contributed by atoms with Gasteiger partial charge in [-0.3, -0.25) is 14.9 Å². The topological polar surface area (TPSA) is 108 Å². The Labute approximate surface area is 192 Å². The van der Waals surface area contributed by atoms with Crippen molar-refractivity contribution in [1.82, 2.24) is 10.3 Å². The minimum atomic E-state index is -0.610. The van der Waals surface area contributed by atoms with Gasteiger partial charge in [-0.05, 0) is 37.1 Å². The Hall–Kier alpha value is -2.95. The molecule has 32 heavy (non-hydrogen) atoms. The van der Waals surface area contributed by atoms with Crippen molar-refractivity contribution >= 4 is 45.8 Å². The molecule has 1 aromatic carbocycles. The van der Waals surface area contributed by atoms with E-state index in [0.29, 0.717) is 24.7 Å². The fraction of sp³-hybridized carbons (Fsp3) is 0.286. The lowest BCUT2D eigenvalue weighted by Gasteiger charge is -2.32. The summed E-state index contributed by atoms with van der Waals surface area (Å²) in [5, 5.41) is 16.4. The molecule has 2 aromatic heterocycles. The van der Waals surface area contributed by atoms with Crippen LogP contribution >= 0.6 is 22.9 Å². The van der Waals surface area contributed by atoms with Crippen LogP contribution in [0.5, 0.6) is 0 Å². The minimum Gasteiger partial charge on any atom is -0.443 e. The van der Waals surface area contributed by atoms with Crippen molar-refractivity contribution in [2.45, 2.75) is 25.5 Å². The number of aliphatic hydroxyl groups is 1. The van der Waals surface area contributed by atoms with Gasteiger partial charge in [-0.25, -0.2) is 9.37 Å². The lowest BCUT2D eigenvalue weighted by atomic mass is 10.1. The summed E-state index contributed by atoms with van der Waals surface area (Å²) in [4.78, 5) is 31.1. The van der Waals surface area contributed by atoms with Crippen molar-refractivity contribution in [3.8, 4) is 0 Å². The van der Waals surface area contributed by atoms with Gasteiger partial charge in [-0.1, -0.05) is 11.6 Å². The van der Waals surface area contributed by atoms with E-state index in [9.17, 15) is 14.0 Å². The van der Waals surface area contributed by atoms with Crippen LogP contribution in [0.3, 0.4) is 0 Å². The number of piperidine rings is 1. The highest BCUT2D eigenvalue weighted by Crippen LogP contribution is 2.24. The largest absolute Gasteiger partial charge is 0.443 e. The molecule has 1 aliphatic heterocycles. The Morgan fingerprint density at radius 1 is 1.25 bits per heavy atom. The van der Waals surface area contributed by atoms with Gasteiger partial charge in [0.15, 0.2) is 11.0 Å². The predicted molar refractivity (Wildman–Crippen MR) is 119 cm³/mol. The molecule has 1 aliphatic rings. The van der Waals surface area contributed by atoms with E-state index in [1.807, 2.05) is 6.07 Å². The molecule has 168 valence electrons. The fourth-order valence-electron chi connectivity index (χ4n) is 3.37. The Balaban J connectivity index is 1.29. The van der Waals surface area contributed by atoms with E-state index >= 15 is 0 Å². The molecule has 2 amide bonds. The molecule has 8 nitrogen and oxygen atoms in total. The molecule has 0 unspecified atom stereocenters. The number of amides is 2. The number of hydrogen-bond acceptors (Lipinski definition) is 7. The molecule has 0 atom stereocenters. The first-order valence-electron chi connectivity index (χ1n) is 9.90. The maximum Gasteiger partial charge on any atom is 0.271 e. The molecule has 0 bridgehead atoms. The monoisotopic (exact) mass is 478 g/mol. The van der Waals surface area contributed by atoms with Crippen LogP contribution < -0.4 is 15.5 Å². The first kappa shape index (κ1) is 22.3. The highest BCUT2D eigenvalue weighted by molar-refractivity contribution is 7.14. The van der Waals surface area contributed by atoms with Crippen LogP contribution in [-0.2, 0) is 6.61 Å². The van der Waals surface area contributed by atoms with Crippen LogP contribution in [-0.4, -0.2) is 41.0 Å². The summed E-state index contributed by atoms with van der Waals surface area (Å²) in [7, 11) is 0. The average molecular weight is 479 g/mol. The number of anilines is 2. The van der Waals surface area contributed by atoms with Gasteiger partial charge < -0.3 is 19.7 Å². The van der Waals surface area contributed by atoms with Gasteiger partial charge >= 0.3 is 0 Å². The van der Waals surface area contributed by atoms with Crippen molar-refractivity contribution in [1.29, 1.82) is 0 Å². The fourth-order valence-corrected chi connectivity index (χ4v) is 4.23. The average Bonchev–Trinajstić information content (AvgIpc) is 3.46. The maximum absolute atomic E-state index is 13.3. The number of nitrogens with zero attached hydrogens (tertiary/aromatic N) is 2. The van der Waals surface area contributed by atoms with Gasteiger partial charge in [0.1, 0.15) is 23.9 Å². The van der Waals surface area contributed by atoms with Crippen LogP contribution in [0.4, 0.5) is 15.4 Å². The number of furan rings is 1. The van der Waals surface area contributed by atoms with Gasteiger partial charge in [0.05, 0.1) is 5.02 Å². The molecule has 0 spiro atoms. The van der Waals surface area contributed by atoms with Crippen molar-refractivity contribution < 1.29 is 23.5 Å². The molecule has 3 heterocycles. The van der Waals surface area contributed by atoms with E-state index in [1.165, 1.54) is 12.1 Å². The van der Waals surface area contributed by atoms with Crippen LogP contribution in [0.1, 0.15) is 39.4 Å². The number of nitrogens with one attached hydrogen (secondary N) is 2. The molecule has 4 rings (SSSR count). The summed E-state index contributed by atoms with van der Waals surface area (Å²) in [6.45, 7) is 1.28. The summed E-state index contributed by atoms with van der Waals surface area (Å²) < 4.78 is 18.8. The number of halogens is 2. The molecular weight excluding hydrogens is 459 g/mol. The zero-order valence-electron chi connectivity index (χ0n) is 16.8. The number of aliphatic hydroxyl groups excluding tert-OH is 1. The second-order valence-corrected chi connectivity index (χ2v) is 8.52. The van der Waals surface area contributed by atoms with Gasteiger partial charge in [0, 0.05) is 36.1 Å². The molecule has 1 saturated heterocycles. The third kappa shape index (κ3) is 5.09. The van der Waals surface area contributed by atoms with Crippen molar-refractivity contribution in [3.63, 3.8) is 0 Å². The smallest absolute Gasteiger partial charge is 0.271 e. The Morgan fingerprint density at radius 2 is 2.03 bits per heavy atom. The highest BCUT2D eigenvalue weighted by atomic mass is 35.5. The van der Waals surface area contributed by atoms with Gasteiger partial charge in [0.2, 0.25) is 0 Å². The van der Waals surface area contributed by atoms with E-state index in [4.69, 9.17) is 21.1 Å². The van der Waals surface area contributed by atoms with Gasteiger partial charge in [0.25, 0.3) is 11.8 Å². The number of hydrogen-bond donors (Lipinski definition) is 3. The van der Waals surface area contributed by atoms with E-state index in [0.717, 1.165) is 30.2 Å². The third-order valence-corrected chi connectivity index (χ3v) is 6.13. The zero-order valence-corrected chi connectivity index (χ0v) is 18.4. The highest BCUT2D eigenvalue weighted by Gasteiger charge is 2.24. The first-order chi connectivity index (χ1) is 15.4. The van der Waals surface area contributed by atoms with E-state index < -0.39 is 11.7 Å². The van der Waals surface area contributed by atoms with E-state index in [-0.39, 0.29) is 40.0 Å². The van der Waals surface area contributed by atoms with Crippen LogP contribution in [0.15, 0.2) is 40.1 Å². The number of thiazole rings is 1. The minimum absolute atomic E-state index is 0.00729. The molecule has 0 saturated carbocycles. The van der Waals surface area contributed by atoms with Crippen LogP contribution in [0, 0.1) is 5.82 Å². The summed E-state index contributed by atoms with van der Waals surface area (Å²) in [6.07, 6.45) is 1.47. The molecule has 11 heteroatoms. The number of carbonyl (C=O) groups is 2. The van der Waals surface area contributed by atoms with Gasteiger partial charge in [-0.2, -0.15) is 0 Å². The lowest BCUT2D eigenvalue weighted by Crippen LogP contribution is -2.44. The van der Waals surface area contributed by atoms with Crippen molar-refractivity contribution in [3.05, 3.63) is 63.6 Å². The van der Waals surface area contributed by atoms with Crippen molar-refractivity contribution in [2.75, 3.05) is 23.3 Å². The quantitative estimate of drug-likeness (QED) is 0.499. The molecule has 3 N–H and O–H groups in total. The number of aromatic nitrogens is 1. The summed E-state index contributed by atoms with van der Waals surface area (Å²) in [5.74, 6) is -0.194. The summed E-state index contributed by atoms with van der Waals surface area (Å²) >= 11 is 6.83. The molecule has 0 radical (unpaired) electrons. The summed E-state index contributed by atoms with van der Waals surface area (Å²) in [5.41, 5.74) is 0.399. The number of benzene rings is 1. The Kier molecular flexibility index (Phi) is 6.73. The third-order valence-electron chi connectivity index (χ3n) is 5.08. The maximum atomic E-state index is 13.3. The molecule has 3 aromatic rings. The van der Waals surface area contributed by atoms with Crippen LogP contribution in [0.25, 0.3) is 0 Å². The second-order valence-electron chi connectivity index (χ2n) is 7.25. The predicted octanol–water partition coefficient (Wildman–Crippen LogP) is 3.67. The standard InChI is InChI=1S/C21H20ClFN4O4S/c22-15-9-12(1-3-16(15)23)19(29)26-21-25-17(11-32-21)20(30)24-13-5-7-27(8-6-13)18-4-2-14(10-28)31-18/h1-4,9,11,13,28H,5-8,10H2,(H,24,30)(H,25,26,29). The van der Waals surface area contributed by atoms with Crippen LogP contribution in [0.2, 0.25) is 5.02 Å². The lowest BCUT2D eigenvalue weighted by molar-refractivity contribution is 0.0925. The second kappa shape index (κ2) is 9.68. The normalized spacial score (nSPS) is 14.4. The molecular formula is C21H20ClFN4O4S. The first-order valence-corrected chi connectivity index (χ1v) is 11.2. The SMILES string of the molecule is O=C(Nc1nc(C(=O)NC2CCN(c3ccc(CO)o3)CC2)cs1)c1ccc(F)c(Cl)c1. The van der Waals surface area contributed by atoms with Gasteiger partial charge in [-0.15, -0.1) is 11.3 Å². The number of rotatable bonds is 6. The van der Waals surface area contributed by atoms with Crippen molar-refractivity contribution in [2.24, 2.45) is 0 Å². The van der Waals surface area contributed by atoms with E-state index in [2.05, 4.69) is 20.5 Å². The summed E-state index contributed by atoms with van der Waals surface area (Å²) in [6, 6.07) is 7.22.